The Labute approximate surface area is 126 Å². The second kappa shape index (κ2) is 8.67. The lowest BCUT2D eigenvalue weighted by molar-refractivity contribution is 0.0692. The standard InChI is InChI=1S/C17H25NO3/c19-17(20)15-10-6-7-11-16(15)21-13-12-18-14-8-4-2-1-3-5-9-14/h6-7,10-11,14,18H,1-5,8-9,12-13H2,(H,19,20). The summed E-state index contributed by atoms with van der Waals surface area (Å²) in [6.45, 7) is 1.26. The summed E-state index contributed by atoms with van der Waals surface area (Å²) in [5, 5.41) is 12.6. The molecule has 2 N–H and O–H groups in total. The van der Waals surface area contributed by atoms with Gasteiger partial charge in [-0.15, -0.1) is 0 Å². The van der Waals surface area contributed by atoms with E-state index in [1.165, 1.54) is 44.9 Å². The number of carboxylic acids is 1. The lowest BCUT2D eigenvalue weighted by Crippen LogP contribution is -2.33. The minimum Gasteiger partial charge on any atom is -0.491 e. The minimum atomic E-state index is -0.946. The van der Waals surface area contributed by atoms with E-state index in [0.717, 1.165) is 6.54 Å². The number of para-hydroxylation sites is 1. The quantitative estimate of drug-likeness (QED) is 0.788. The SMILES string of the molecule is O=C(O)c1ccccc1OCCNC1CCCCCCC1. The van der Waals surface area contributed by atoms with Gasteiger partial charge < -0.3 is 15.2 Å². The van der Waals surface area contributed by atoms with Gasteiger partial charge in [-0.1, -0.05) is 44.2 Å². The van der Waals surface area contributed by atoms with Gasteiger partial charge in [-0.2, -0.15) is 0 Å². The fourth-order valence-electron chi connectivity index (χ4n) is 2.85. The number of benzene rings is 1. The van der Waals surface area contributed by atoms with Crippen molar-refractivity contribution < 1.29 is 14.6 Å². The van der Waals surface area contributed by atoms with Crippen LogP contribution < -0.4 is 10.1 Å². The number of nitrogens with one attached hydrogen (secondary N) is 1. The van der Waals surface area contributed by atoms with Gasteiger partial charge in [0.2, 0.25) is 0 Å². The second-order valence-corrected chi connectivity index (χ2v) is 5.65. The van der Waals surface area contributed by atoms with E-state index in [1.807, 2.05) is 0 Å². The first-order valence-corrected chi connectivity index (χ1v) is 7.96. The fraction of sp³-hybridized carbons (Fsp3) is 0.588. The summed E-state index contributed by atoms with van der Waals surface area (Å²) in [5.41, 5.74) is 0.225. The van der Waals surface area contributed by atoms with Crippen molar-refractivity contribution in [2.75, 3.05) is 13.2 Å². The summed E-state index contributed by atoms with van der Waals surface area (Å²) in [5.74, 6) is -0.497. The highest BCUT2D eigenvalue weighted by molar-refractivity contribution is 5.90. The smallest absolute Gasteiger partial charge is 0.339 e. The summed E-state index contributed by atoms with van der Waals surface area (Å²) in [4.78, 5) is 11.1. The number of hydrogen-bond donors (Lipinski definition) is 2. The molecule has 4 nitrogen and oxygen atoms in total. The lowest BCUT2D eigenvalue weighted by atomic mass is 9.97. The molecule has 0 radical (unpaired) electrons. The van der Waals surface area contributed by atoms with Gasteiger partial charge in [0, 0.05) is 12.6 Å². The monoisotopic (exact) mass is 291 g/mol. The van der Waals surface area contributed by atoms with E-state index < -0.39 is 5.97 Å². The second-order valence-electron chi connectivity index (χ2n) is 5.65. The summed E-state index contributed by atoms with van der Waals surface area (Å²) in [6.07, 6.45) is 9.17. The summed E-state index contributed by atoms with van der Waals surface area (Å²) < 4.78 is 5.60. The van der Waals surface area contributed by atoms with Crippen LogP contribution in [0.5, 0.6) is 5.75 Å². The number of carboxylic acid groups (broad SMARTS) is 1. The molecule has 1 aromatic carbocycles. The van der Waals surface area contributed by atoms with Crippen molar-refractivity contribution in [1.29, 1.82) is 0 Å². The van der Waals surface area contributed by atoms with Crippen molar-refractivity contribution >= 4 is 5.97 Å². The third kappa shape index (κ3) is 5.38. The van der Waals surface area contributed by atoms with E-state index in [2.05, 4.69) is 5.32 Å². The van der Waals surface area contributed by atoms with Gasteiger partial charge in [0.05, 0.1) is 0 Å². The van der Waals surface area contributed by atoms with Crippen molar-refractivity contribution in [2.24, 2.45) is 0 Å². The predicted octanol–water partition coefficient (Wildman–Crippen LogP) is 3.47. The molecule has 1 aromatic rings. The van der Waals surface area contributed by atoms with E-state index in [4.69, 9.17) is 9.84 Å². The van der Waals surface area contributed by atoms with Crippen molar-refractivity contribution in [3.8, 4) is 5.75 Å². The summed E-state index contributed by atoms with van der Waals surface area (Å²) in [7, 11) is 0. The van der Waals surface area contributed by atoms with Gasteiger partial charge in [0.1, 0.15) is 17.9 Å². The summed E-state index contributed by atoms with van der Waals surface area (Å²) in [6, 6.07) is 7.37. The Morgan fingerprint density at radius 1 is 1.14 bits per heavy atom. The van der Waals surface area contributed by atoms with Gasteiger partial charge in [-0.05, 0) is 25.0 Å². The molecule has 0 spiro atoms. The molecule has 1 aliphatic rings. The van der Waals surface area contributed by atoms with E-state index in [9.17, 15) is 4.79 Å². The minimum absolute atomic E-state index is 0.225. The Morgan fingerprint density at radius 2 is 1.81 bits per heavy atom. The fourth-order valence-corrected chi connectivity index (χ4v) is 2.85. The molecular formula is C17H25NO3. The third-order valence-corrected chi connectivity index (χ3v) is 4.02. The number of rotatable bonds is 6. The average Bonchev–Trinajstić information content (AvgIpc) is 2.45. The highest BCUT2D eigenvalue weighted by Crippen LogP contribution is 2.18. The maximum atomic E-state index is 11.1. The Bertz CT molecular complexity index is 439. The topological polar surface area (TPSA) is 58.6 Å². The molecule has 116 valence electrons. The molecule has 1 saturated carbocycles. The molecule has 0 heterocycles. The molecular weight excluding hydrogens is 266 g/mol. The van der Waals surface area contributed by atoms with Crippen LogP contribution in [0.4, 0.5) is 0 Å². The molecule has 0 bridgehead atoms. The zero-order valence-electron chi connectivity index (χ0n) is 12.5. The number of aromatic carboxylic acids is 1. The third-order valence-electron chi connectivity index (χ3n) is 4.02. The highest BCUT2D eigenvalue weighted by atomic mass is 16.5. The van der Waals surface area contributed by atoms with Gasteiger partial charge in [-0.3, -0.25) is 0 Å². The summed E-state index contributed by atoms with van der Waals surface area (Å²) >= 11 is 0. The van der Waals surface area contributed by atoms with E-state index in [-0.39, 0.29) is 5.56 Å². The van der Waals surface area contributed by atoms with Gasteiger partial charge in [0.15, 0.2) is 0 Å². The van der Waals surface area contributed by atoms with E-state index >= 15 is 0 Å². The molecule has 4 heteroatoms. The molecule has 0 unspecified atom stereocenters. The Morgan fingerprint density at radius 3 is 2.52 bits per heavy atom. The van der Waals surface area contributed by atoms with E-state index in [1.54, 1.807) is 24.3 Å². The van der Waals surface area contributed by atoms with Gasteiger partial charge >= 0.3 is 5.97 Å². The van der Waals surface area contributed by atoms with Crippen molar-refractivity contribution in [1.82, 2.24) is 5.32 Å². The first-order chi connectivity index (χ1) is 10.3. The Kier molecular flexibility index (Phi) is 6.54. The molecule has 0 amide bonds. The molecule has 1 fully saturated rings. The number of carbonyl (C=O) groups is 1. The van der Waals surface area contributed by atoms with Crippen LogP contribution in [0.15, 0.2) is 24.3 Å². The van der Waals surface area contributed by atoms with Crippen molar-refractivity contribution in [3.63, 3.8) is 0 Å². The van der Waals surface area contributed by atoms with Crippen LogP contribution in [-0.2, 0) is 0 Å². The first-order valence-electron chi connectivity index (χ1n) is 7.96. The maximum Gasteiger partial charge on any atom is 0.339 e. The Hall–Kier alpha value is -1.55. The van der Waals surface area contributed by atoms with Gasteiger partial charge in [0.25, 0.3) is 0 Å². The molecule has 0 atom stereocenters. The zero-order chi connectivity index (χ0) is 14.9. The van der Waals surface area contributed by atoms with Gasteiger partial charge in [-0.25, -0.2) is 4.79 Å². The van der Waals surface area contributed by atoms with E-state index in [0.29, 0.717) is 18.4 Å². The highest BCUT2D eigenvalue weighted by Gasteiger charge is 2.12. The van der Waals surface area contributed by atoms with Crippen LogP contribution >= 0.6 is 0 Å². The average molecular weight is 291 g/mol. The largest absolute Gasteiger partial charge is 0.491 e. The normalized spacial score (nSPS) is 17.0. The van der Waals surface area contributed by atoms with Crippen LogP contribution in [-0.4, -0.2) is 30.3 Å². The predicted molar refractivity (Wildman–Crippen MR) is 83.0 cm³/mol. The maximum absolute atomic E-state index is 11.1. The van der Waals surface area contributed by atoms with Crippen LogP contribution in [0.3, 0.4) is 0 Å². The Balaban J connectivity index is 1.73. The van der Waals surface area contributed by atoms with Crippen LogP contribution in [0.1, 0.15) is 55.3 Å². The lowest BCUT2D eigenvalue weighted by Gasteiger charge is -2.21. The van der Waals surface area contributed by atoms with Crippen molar-refractivity contribution in [2.45, 2.75) is 51.0 Å². The molecule has 0 saturated heterocycles. The first kappa shape index (κ1) is 15.8. The van der Waals surface area contributed by atoms with Crippen LogP contribution in [0.2, 0.25) is 0 Å². The number of hydrogen-bond acceptors (Lipinski definition) is 3. The van der Waals surface area contributed by atoms with Crippen LogP contribution in [0.25, 0.3) is 0 Å². The molecule has 0 aliphatic heterocycles. The number of ether oxygens (including phenoxy) is 1. The zero-order valence-corrected chi connectivity index (χ0v) is 12.5. The molecule has 1 aliphatic carbocycles. The molecule has 21 heavy (non-hydrogen) atoms. The van der Waals surface area contributed by atoms with Crippen molar-refractivity contribution in [3.05, 3.63) is 29.8 Å². The van der Waals surface area contributed by atoms with Crippen LogP contribution in [0, 0.1) is 0 Å². The molecule has 0 aromatic heterocycles. The molecule has 2 rings (SSSR count).